The number of ether oxygens (including phenoxy) is 2. The average Bonchev–Trinajstić information content (AvgIpc) is 3.16. The predicted molar refractivity (Wildman–Crippen MR) is 90.3 cm³/mol. The van der Waals surface area contributed by atoms with Crippen LogP contribution in [0.25, 0.3) is 0 Å². The molecule has 1 aromatic heterocycles. The summed E-state index contributed by atoms with van der Waals surface area (Å²) in [4.78, 5) is 18.0. The monoisotopic (exact) mass is 327 g/mol. The minimum Gasteiger partial charge on any atom is -0.484 e. The third-order valence-electron chi connectivity index (χ3n) is 4.02. The van der Waals surface area contributed by atoms with E-state index in [1.807, 2.05) is 19.2 Å². The molecule has 1 aromatic carbocycles. The van der Waals surface area contributed by atoms with Crippen molar-refractivity contribution in [2.45, 2.75) is 12.5 Å². The highest BCUT2D eigenvalue weighted by Crippen LogP contribution is 2.22. The molecular weight excluding hydrogens is 306 g/mol. The molecule has 1 aliphatic heterocycles. The zero-order chi connectivity index (χ0) is 16.8. The number of carbonyl (C=O) groups is 1. The molecule has 2 heterocycles. The van der Waals surface area contributed by atoms with Crippen LogP contribution in [0.4, 0.5) is 0 Å². The molecular formula is C18H21N3O3. The number of rotatable bonds is 6. The number of nitrogens with one attached hydrogen (secondary N) is 1. The Kier molecular flexibility index (Phi) is 5.28. The Bertz CT molecular complexity index is 655. The summed E-state index contributed by atoms with van der Waals surface area (Å²) in [5.41, 5.74) is 0. The molecule has 1 aliphatic rings. The maximum absolute atomic E-state index is 12.2. The van der Waals surface area contributed by atoms with Gasteiger partial charge in [-0.15, -0.1) is 0 Å². The summed E-state index contributed by atoms with van der Waals surface area (Å²) in [7, 11) is 1.83. The highest BCUT2D eigenvalue weighted by molar-refractivity contribution is 5.77. The van der Waals surface area contributed by atoms with E-state index in [1.165, 1.54) is 0 Å². The number of nitrogens with zero attached hydrogens (tertiary/aromatic N) is 2. The standard InChI is InChI=1S/C18H21N3O3/c1-21(14-9-11-19-12-14)18(22)13-23-15-5-7-16(8-6-15)24-17-4-2-3-10-20-17/h2-8,10,14,19H,9,11-13H2,1H3. The smallest absolute Gasteiger partial charge is 0.260 e. The summed E-state index contributed by atoms with van der Waals surface area (Å²) in [5, 5.41) is 3.25. The van der Waals surface area contributed by atoms with Crippen molar-refractivity contribution in [1.82, 2.24) is 15.2 Å². The number of benzene rings is 1. The summed E-state index contributed by atoms with van der Waals surface area (Å²) in [6.45, 7) is 1.84. The fourth-order valence-electron chi connectivity index (χ4n) is 2.55. The minimum atomic E-state index is -0.0162. The van der Waals surface area contributed by atoms with Crippen LogP contribution in [-0.4, -0.2) is 48.6 Å². The lowest BCUT2D eigenvalue weighted by Gasteiger charge is -2.23. The van der Waals surface area contributed by atoms with Gasteiger partial charge in [0.1, 0.15) is 11.5 Å². The van der Waals surface area contributed by atoms with E-state index in [9.17, 15) is 4.79 Å². The molecule has 6 heteroatoms. The zero-order valence-corrected chi connectivity index (χ0v) is 13.6. The number of amides is 1. The normalized spacial score (nSPS) is 16.6. The van der Waals surface area contributed by atoms with E-state index in [2.05, 4.69) is 10.3 Å². The van der Waals surface area contributed by atoms with Gasteiger partial charge in [0.15, 0.2) is 6.61 Å². The van der Waals surface area contributed by atoms with Crippen LogP contribution in [-0.2, 0) is 4.79 Å². The van der Waals surface area contributed by atoms with Gasteiger partial charge in [-0.3, -0.25) is 4.79 Å². The van der Waals surface area contributed by atoms with E-state index in [0.29, 0.717) is 17.4 Å². The molecule has 1 fully saturated rings. The van der Waals surface area contributed by atoms with Gasteiger partial charge in [0.25, 0.3) is 5.91 Å². The number of aromatic nitrogens is 1. The molecule has 1 saturated heterocycles. The largest absolute Gasteiger partial charge is 0.484 e. The number of pyridine rings is 1. The molecule has 126 valence electrons. The molecule has 6 nitrogen and oxygen atoms in total. The van der Waals surface area contributed by atoms with Gasteiger partial charge in [-0.05, 0) is 43.3 Å². The lowest BCUT2D eigenvalue weighted by Crippen LogP contribution is -2.40. The fraction of sp³-hybridized carbons (Fsp3) is 0.333. The van der Waals surface area contributed by atoms with Crippen molar-refractivity contribution in [3.63, 3.8) is 0 Å². The predicted octanol–water partition coefficient (Wildman–Crippen LogP) is 2.07. The van der Waals surface area contributed by atoms with Gasteiger partial charge in [0.2, 0.25) is 5.88 Å². The van der Waals surface area contributed by atoms with Crippen LogP contribution in [0, 0.1) is 0 Å². The second-order valence-electron chi connectivity index (χ2n) is 5.68. The van der Waals surface area contributed by atoms with Crippen LogP contribution < -0.4 is 14.8 Å². The molecule has 1 atom stereocenters. The first-order chi connectivity index (χ1) is 11.7. The highest BCUT2D eigenvalue weighted by atomic mass is 16.5. The van der Waals surface area contributed by atoms with Gasteiger partial charge < -0.3 is 19.7 Å². The van der Waals surface area contributed by atoms with Crippen LogP contribution in [0.2, 0.25) is 0 Å². The van der Waals surface area contributed by atoms with Crippen molar-refractivity contribution >= 4 is 5.91 Å². The summed E-state index contributed by atoms with van der Waals surface area (Å²) >= 11 is 0. The number of carbonyl (C=O) groups excluding carboxylic acids is 1. The Labute approximate surface area is 141 Å². The first kappa shape index (κ1) is 16.3. The van der Waals surface area contributed by atoms with Gasteiger partial charge in [-0.2, -0.15) is 0 Å². The van der Waals surface area contributed by atoms with Gasteiger partial charge in [-0.25, -0.2) is 4.98 Å². The maximum atomic E-state index is 12.2. The topological polar surface area (TPSA) is 63.7 Å². The molecule has 0 bridgehead atoms. The van der Waals surface area contributed by atoms with E-state index >= 15 is 0 Å². The van der Waals surface area contributed by atoms with Gasteiger partial charge in [0.05, 0.1) is 0 Å². The number of hydrogen-bond acceptors (Lipinski definition) is 5. The SMILES string of the molecule is CN(C(=O)COc1ccc(Oc2ccccn2)cc1)C1CCNC1. The average molecular weight is 327 g/mol. The summed E-state index contributed by atoms with van der Waals surface area (Å²) in [6.07, 6.45) is 2.66. The van der Waals surface area contributed by atoms with E-state index in [0.717, 1.165) is 19.5 Å². The summed E-state index contributed by atoms with van der Waals surface area (Å²) < 4.78 is 11.2. The van der Waals surface area contributed by atoms with Gasteiger partial charge in [0, 0.05) is 31.9 Å². The lowest BCUT2D eigenvalue weighted by atomic mass is 10.2. The number of hydrogen-bond donors (Lipinski definition) is 1. The molecule has 1 unspecified atom stereocenters. The molecule has 0 spiro atoms. The molecule has 0 saturated carbocycles. The molecule has 3 rings (SSSR count). The highest BCUT2D eigenvalue weighted by Gasteiger charge is 2.23. The van der Waals surface area contributed by atoms with Crippen molar-refractivity contribution < 1.29 is 14.3 Å². The molecule has 0 radical (unpaired) electrons. The van der Waals surface area contributed by atoms with Gasteiger partial charge in [-0.1, -0.05) is 6.07 Å². The van der Waals surface area contributed by atoms with Crippen molar-refractivity contribution in [3.8, 4) is 17.4 Å². The van der Waals surface area contributed by atoms with Gasteiger partial charge >= 0.3 is 0 Å². The Morgan fingerprint density at radius 2 is 2.04 bits per heavy atom. The Balaban J connectivity index is 1.50. The lowest BCUT2D eigenvalue weighted by molar-refractivity contribution is -0.133. The van der Waals surface area contributed by atoms with E-state index in [1.54, 1.807) is 41.4 Å². The first-order valence-corrected chi connectivity index (χ1v) is 8.00. The number of likely N-dealkylation sites (N-methyl/N-ethyl adjacent to an activating group) is 1. The molecule has 1 N–H and O–H groups in total. The van der Waals surface area contributed by atoms with Crippen molar-refractivity contribution in [1.29, 1.82) is 0 Å². The maximum Gasteiger partial charge on any atom is 0.260 e. The van der Waals surface area contributed by atoms with Crippen LogP contribution in [0.3, 0.4) is 0 Å². The fourth-order valence-corrected chi connectivity index (χ4v) is 2.55. The minimum absolute atomic E-state index is 0.0162. The third-order valence-corrected chi connectivity index (χ3v) is 4.02. The zero-order valence-electron chi connectivity index (χ0n) is 13.6. The quantitative estimate of drug-likeness (QED) is 0.880. The molecule has 1 amide bonds. The molecule has 0 aliphatic carbocycles. The van der Waals surface area contributed by atoms with Crippen LogP contribution >= 0.6 is 0 Å². The van der Waals surface area contributed by atoms with E-state index < -0.39 is 0 Å². The van der Waals surface area contributed by atoms with Crippen LogP contribution in [0.15, 0.2) is 48.7 Å². The van der Waals surface area contributed by atoms with E-state index in [4.69, 9.17) is 9.47 Å². The van der Waals surface area contributed by atoms with Crippen molar-refractivity contribution in [3.05, 3.63) is 48.7 Å². The Morgan fingerprint density at radius 3 is 2.71 bits per heavy atom. The summed E-state index contributed by atoms with van der Waals surface area (Å²) in [5.74, 6) is 1.82. The van der Waals surface area contributed by atoms with Crippen LogP contribution in [0.5, 0.6) is 17.4 Å². The first-order valence-electron chi connectivity index (χ1n) is 8.00. The Morgan fingerprint density at radius 1 is 1.25 bits per heavy atom. The van der Waals surface area contributed by atoms with E-state index in [-0.39, 0.29) is 18.6 Å². The third kappa shape index (κ3) is 4.23. The Hall–Kier alpha value is -2.60. The molecule has 24 heavy (non-hydrogen) atoms. The van der Waals surface area contributed by atoms with Crippen molar-refractivity contribution in [2.24, 2.45) is 0 Å². The second-order valence-corrected chi connectivity index (χ2v) is 5.68. The molecule has 2 aromatic rings. The second kappa shape index (κ2) is 7.79. The van der Waals surface area contributed by atoms with Crippen molar-refractivity contribution in [2.75, 3.05) is 26.7 Å². The van der Waals surface area contributed by atoms with Crippen LogP contribution in [0.1, 0.15) is 6.42 Å². The summed E-state index contributed by atoms with van der Waals surface area (Å²) in [6, 6.07) is 12.9.